The Morgan fingerprint density at radius 2 is 1.40 bits per heavy atom. The summed E-state index contributed by atoms with van der Waals surface area (Å²) >= 11 is 0. The number of halogens is 3. The van der Waals surface area contributed by atoms with Crippen LogP contribution in [0.15, 0.2) is 72.8 Å². The number of alkyl halides is 3. The number of amides is 3. The van der Waals surface area contributed by atoms with Gasteiger partial charge in [0, 0.05) is 42.3 Å². The highest BCUT2D eigenvalue weighted by molar-refractivity contribution is 6.05. The molecule has 0 unspecified atom stereocenters. The van der Waals surface area contributed by atoms with Crippen molar-refractivity contribution >= 4 is 34.8 Å². The van der Waals surface area contributed by atoms with E-state index in [2.05, 4.69) is 16.0 Å². The third kappa shape index (κ3) is 7.07. The van der Waals surface area contributed by atoms with Gasteiger partial charge in [0.25, 0.3) is 11.8 Å². The van der Waals surface area contributed by atoms with Gasteiger partial charge in [0.1, 0.15) is 0 Å². The highest BCUT2D eigenvalue weighted by Crippen LogP contribution is 2.30. The summed E-state index contributed by atoms with van der Waals surface area (Å²) in [6.07, 6.45) is -4.52. The van der Waals surface area contributed by atoms with Crippen molar-refractivity contribution in [2.75, 3.05) is 36.6 Å². The molecular weight excluding hydrogens is 461 g/mol. The van der Waals surface area contributed by atoms with E-state index in [9.17, 15) is 27.6 Å². The summed E-state index contributed by atoms with van der Waals surface area (Å²) in [7, 11) is 3.31. The summed E-state index contributed by atoms with van der Waals surface area (Å²) < 4.78 is 38.6. The number of nitrogens with zero attached hydrogens (tertiary/aromatic N) is 1. The molecule has 10 heteroatoms. The van der Waals surface area contributed by atoms with Gasteiger partial charge in [-0.3, -0.25) is 14.4 Å². The van der Waals surface area contributed by atoms with Crippen molar-refractivity contribution in [3.05, 3.63) is 89.5 Å². The third-order valence-corrected chi connectivity index (χ3v) is 4.85. The average molecular weight is 484 g/mol. The number of nitrogens with one attached hydrogen (secondary N) is 3. The summed E-state index contributed by atoms with van der Waals surface area (Å²) in [6, 6.07) is 17.0. The first-order chi connectivity index (χ1) is 16.5. The van der Waals surface area contributed by atoms with Crippen LogP contribution in [-0.2, 0) is 11.0 Å². The standard InChI is InChI=1S/C25H23F3N4O3/c1-32(2)24(35)16-9-11-19(12-10-16)29-15-22(33)30-20-7-3-5-17(13-20)23(34)31-21-8-4-6-18(14-21)25(26,27)28/h3-14,29H,15H2,1-2H3,(H,30,33)(H,31,34). The minimum Gasteiger partial charge on any atom is -0.376 e. The van der Waals surface area contributed by atoms with E-state index >= 15 is 0 Å². The maximum atomic E-state index is 12.9. The normalized spacial score (nSPS) is 10.9. The van der Waals surface area contributed by atoms with Crippen LogP contribution in [0.3, 0.4) is 0 Å². The molecule has 0 heterocycles. The van der Waals surface area contributed by atoms with Crippen LogP contribution in [0.5, 0.6) is 0 Å². The van der Waals surface area contributed by atoms with E-state index in [1.807, 2.05) is 0 Å². The summed E-state index contributed by atoms with van der Waals surface area (Å²) in [6.45, 7) is -0.0678. The van der Waals surface area contributed by atoms with Gasteiger partial charge in [-0.25, -0.2) is 0 Å². The summed E-state index contributed by atoms with van der Waals surface area (Å²) in [5.41, 5.74) is 0.800. The molecule has 0 aliphatic heterocycles. The molecule has 0 bridgehead atoms. The van der Waals surface area contributed by atoms with E-state index < -0.39 is 17.6 Å². The summed E-state index contributed by atoms with van der Waals surface area (Å²) in [5.74, 6) is -1.13. The number of carbonyl (C=O) groups excluding carboxylic acids is 3. The predicted molar refractivity (Wildman–Crippen MR) is 127 cm³/mol. The third-order valence-electron chi connectivity index (χ3n) is 4.85. The molecule has 0 aromatic heterocycles. The SMILES string of the molecule is CN(C)C(=O)c1ccc(NCC(=O)Nc2cccc(C(=O)Nc3cccc(C(F)(F)F)c3)c2)cc1. The van der Waals surface area contributed by atoms with Gasteiger partial charge in [-0.05, 0) is 60.7 Å². The zero-order valence-corrected chi connectivity index (χ0v) is 18.9. The number of hydrogen-bond donors (Lipinski definition) is 3. The first kappa shape index (κ1) is 25.3. The van der Waals surface area contributed by atoms with Gasteiger partial charge in [0.15, 0.2) is 0 Å². The molecule has 3 aromatic carbocycles. The Hall–Kier alpha value is -4.34. The van der Waals surface area contributed by atoms with Crippen LogP contribution in [0.25, 0.3) is 0 Å². The second-order valence-electron chi connectivity index (χ2n) is 7.79. The molecule has 182 valence electrons. The largest absolute Gasteiger partial charge is 0.416 e. The quantitative estimate of drug-likeness (QED) is 0.453. The predicted octanol–water partition coefficient (Wildman–Crippen LogP) is 4.71. The first-order valence-electron chi connectivity index (χ1n) is 10.5. The lowest BCUT2D eigenvalue weighted by Crippen LogP contribution is -2.23. The number of carbonyl (C=O) groups is 3. The van der Waals surface area contributed by atoms with Gasteiger partial charge in [0.05, 0.1) is 12.1 Å². The van der Waals surface area contributed by atoms with E-state index in [0.29, 0.717) is 16.9 Å². The summed E-state index contributed by atoms with van der Waals surface area (Å²) in [5, 5.41) is 8.02. The Kier molecular flexibility index (Phi) is 7.75. The average Bonchev–Trinajstić information content (AvgIpc) is 2.82. The Morgan fingerprint density at radius 3 is 2.03 bits per heavy atom. The van der Waals surface area contributed by atoms with Crippen LogP contribution < -0.4 is 16.0 Å². The van der Waals surface area contributed by atoms with E-state index in [1.54, 1.807) is 50.5 Å². The molecule has 0 aliphatic rings. The van der Waals surface area contributed by atoms with E-state index in [-0.39, 0.29) is 29.6 Å². The molecule has 0 saturated carbocycles. The van der Waals surface area contributed by atoms with Gasteiger partial charge in [-0.15, -0.1) is 0 Å². The zero-order chi connectivity index (χ0) is 25.6. The molecule has 0 spiro atoms. The fraction of sp³-hybridized carbons (Fsp3) is 0.160. The van der Waals surface area contributed by atoms with E-state index in [4.69, 9.17) is 0 Å². The lowest BCUT2D eigenvalue weighted by molar-refractivity contribution is -0.137. The monoisotopic (exact) mass is 484 g/mol. The van der Waals surface area contributed by atoms with Gasteiger partial charge in [0.2, 0.25) is 5.91 Å². The number of anilines is 3. The lowest BCUT2D eigenvalue weighted by atomic mass is 10.1. The van der Waals surface area contributed by atoms with Gasteiger partial charge >= 0.3 is 6.18 Å². The minimum absolute atomic E-state index is 0.00163. The highest BCUT2D eigenvalue weighted by Gasteiger charge is 2.30. The fourth-order valence-electron chi connectivity index (χ4n) is 3.09. The van der Waals surface area contributed by atoms with E-state index in [1.165, 1.54) is 29.2 Å². The summed E-state index contributed by atoms with van der Waals surface area (Å²) in [4.78, 5) is 38.2. The van der Waals surface area contributed by atoms with Crippen molar-refractivity contribution in [3.8, 4) is 0 Å². The Bertz CT molecular complexity index is 1230. The number of hydrogen-bond acceptors (Lipinski definition) is 4. The molecule has 3 aromatic rings. The maximum Gasteiger partial charge on any atom is 0.416 e. The molecule has 0 aliphatic carbocycles. The van der Waals surface area contributed by atoms with Crippen molar-refractivity contribution in [1.82, 2.24) is 4.90 Å². The second-order valence-corrected chi connectivity index (χ2v) is 7.79. The zero-order valence-electron chi connectivity index (χ0n) is 18.9. The number of rotatable bonds is 7. The van der Waals surface area contributed by atoms with Crippen molar-refractivity contribution in [2.45, 2.75) is 6.18 Å². The van der Waals surface area contributed by atoms with Crippen LogP contribution in [0.1, 0.15) is 26.3 Å². The molecule has 7 nitrogen and oxygen atoms in total. The maximum absolute atomic E-state index is 12.9. The van der Waals surface area contributed by atoms with Crippen LogP contribution in [0.4, 0.5) is 30.2 Å². The minimum atomic E-state index is -4.52. The molecular formula is C25H23F3N4O3. The van der Waals surface area contributed by atoms with Crippen molar-refractivity contribution < 1.29 is 27.6 Å². The molecule has 3 rings (SSSR count). The highest BCUT2D eigenvalue weighted by atomic mass is 19.4. The Morgan fingerprint density at radius 1 is 0.771 bits per heavy atom. The second kappa shape index (κ2) is 10.7. The Labute approximate surface area is 199 Å². The molecule has 35 heavy (non-hydrogen) atoms. The smallest absolute Gasteiger partial charge is 0.376 e. The molecule has 0 atom stereocenters. The molecule has 0 saturated heterocycles. The molecule has 0 fully saturated rings. The van der Waals surface area contributed by atoms with Crippen LogP contribution >= 0.6 is 0 Å². The molecule has 0 radical (unpaired) electrons. The molecule has 3 N–H and O–H groups in total. The lowest BCUT2D eigenvalue weighted by Gasteiger charge is -2.12. The van der Waals surface area contributed by atoms with Gasteiger partial charge in [-0.1, -0.05) is 12.1 Å². The topological polar surface area (TPSA) is 90.5 Å². The van der Waals surface area contributed by atoms with Crippen LogP contribution in [0, 0.1) is 0 Å². The van der Waals surface area contributed by atoms with Gasteiger partial charge < -0.3 is 20.9 Å². The van der Waals surface area contributed by atoms with Crippen molar-refractivity contribution in [2.24, 2.45) is 0 Å². The van der Waals surface area contributed by atoms with Crippen molar-refractivity contribution in [1.29, 1.82) is 0 Å². The van der Waals surface area contributed by atoms with E-state index in [0.717, 1.165) is 12.1 Å². The number of benzene rings is 3. The first-order valence-corrected chi connectivity index (χ1v) is 10.5. The van der Waals surface area contributed by atoms with Gasteiger partial charge in [-0.2, -0.15) is 13.2 Å². The van der Waals surface area contributed by atoms with Crippen LogP contribution in [0.2, 0.25) is 0 Å². The fourth-order valence-corrected chi connectivity index (χ4v) is 3.09. The molecule has 3 amide bonds. The van der Waals surface area contributed by atoms with Crippen LogP contribution in [-0.4, -0.2) is 43.3 Å². The Balaban J connectivity index is 1.57. The van der Waals surface area contributed by atoms with Crippen molar-refractivity contribution in [3.63, 3.8) is 0 Å².